The number of amides is 1. The predicted molar refractivity (Wildman–Crippen MR) is 82.5 cm³/mol. The van der Waals surface area contributed by atoms with Gasteiger partial charge in [-0.05, 0) is 37.4 Å². The van der Waals surface area contributed by atoms with Gasteiger partial charge >= 0.3 is 0 Å². The predicted octanol–water partition coefficient (Wildman–Crippen LogP) is 2.30. The van der Waals surface area contributed by atoms with Crippen molar-refractivity contribution in [2.24, 2.45) is 5.73 Å². The molecule has 20 heavy (non-hydrogen) atoms. The maximum atomic E-state index is 11.9. The van der Waals surface area contributed by atoms with E-state index < -0.39 is 0 Å². The number of carbonyl (C=O) groups is 1. The number of fused-ring (bicyclic) bond motifs is 1. The van der Waals surface area contributed by atoms with Gasteiger partial charge in [0, 0.05) is 37.1 Å². The van der Waals surface area contributed by atoms with Gasteiger partial charge in [-0.2, -0.15) is 0 Å². The number of hydrogen-bond acceptors (Lipinski definition) is 2. The normalized spacial score (nSPS) is 10.9. The zero-order chi connectivity index (χ0) is 14.4. The number of H-pyrrole nitrogens is 1. The topological polar surface area (TPSA) is 62.1 Å². The molecule has 3 N–H and O–H groups in total. The van der Waals surface area contributed by atoms with Gasteiger partial charge in [0.2, 0.25) is 5.91 Å². The van der Waals surface area contributed by atoms with E-state index in [1.807, 2.05) is 25.4 Å². The van der Waals surface area contributed by atoms with Crippen LogP contribution in [0.4, 0.5) is 0 Å². The Labute approximate surface area is 120 Å². The van der Waals surface area contributed by atoms with Gasteiger partial charge in [0.05, 0.1) is 0 Å². The average Bonchev–Trinajstić information content (AvgIpc) is 2.88. The number of para-hydroxylation sites is 1. The maximum Gasteiger partial charge on any atom is 0.222 e. The number of nitrogens with zero attached hydrogens (tertiary/aromatic N) is 1. The maximum absolute atomic E-state index is 11.9. The lowest BCUT2D eigenvalue weighted by Crippen LogP contribution is -2.28. The minimum absolute atomic E-state index is 0.207. The van der Waals surface area contributed by atoms with Crippen molar-refractivity contribution in [1.29, 1.82) is 0 Å². The number of rotatable bonds is 7. The zero-order valence-corrected chi connectivity index (χ0v) is 12.1. The van der Waals surface area contributed by atoms with Crippen LogP contribution in [-0.2, 0) is 11.2 Å². The summed E-state index contributed by atoms with van der Waals surface area (Å²) in [7, 11) is 1.85. The molecule has 1 aromatic carbocycles. The van der Waals surface area contributed by atoms with Crippen molar-refractivity contribution in [2.45, 2.75) is 25.7 Å². The molecule has 2 aromatic rings. The molecule has 108 valence electrons. The number of benzene rings is 1. The van der Waals surface area contributed by atoms with Crippen molar-refractivity contribution in [2.75, 3.05) is 20.1 Å². The molecule has 0 radical (unpaired) electrons. The Hall–Kier alpha value is -1.81. The Kier molecular flexibility index (Phi) is 5.18. The lowest BCUT2D eigenvalue weighted by atomic mass is 10.1. The molecule has 0 atom stereocenters. The first-order chi connectivity index (χ1) is 9.72. The summed E-state index contributed by atoms with van der Waals surface area (Å²) in [5.74, 6) is 0.207. The van der Waals surface area contributed by atoms with Gasteiger partial charge in [-0.25, -0.2) is 0 Å². The largest absolute Gasteiger partial charge is 0.361 e. The molecular weight excluding hydrogens is 250 g/mol. The molecule has 4 heteroatoms. The smallest absolute Gasteiger partial charge is 0.222 e. The molecule has 0 aliphatic carbocycles. The molecule has 1 amide bonds. The highest BCUT2D eigenvalue weighted by Crippen LogP contribution is 2.19. The third-order valence-corrected chi connectivity index (χ3v) is 3.64. The highest BCUT2D eigenvalue weighted by atomic mass is 16.2. The number of nitrogens with one attached hydrogen (secondary N) is 1. The molecule has 4 nitrogen and oxygen atoms in total. The van der Waals surface area contributed by atoms with Gasteiger partial charge in [-0.3, -0.25) is 4.79 Å². The summed E-state index contributed by atoms with van der Waals surface area (Å²) in [4.78, 5) is 17.0. The third kappa shape index (κ3) is 3.61. The molecule has 0 aliphatic heterocycles. The Balaban J connectivity index is 1.82. The summed E-state index contributed by atoms with van der Waals surface area (Å²) in [6.07, 6.45) is 5.33. The van der Waals surface area contributed by atoms with Crippen LogP contribution in [0.5, 0.6) is 0 Å². The van der Waals surface area contributed by atoms with Gasteiger partial charge in [0.15, 0.2) is 0 Å². The van der Waals surface area contributed by atoms with Crippen molar-refractivity contribution in [1.82, 2.24) is 9.88 Å². The van der Waals surface area contributed by atoms with Crippen LogP contribution in [0.15, 0.2) is 30.5 Å². The van der Waals surface area contributed by atoms with Crippen molar-refractivity contribution < 1.29 is 4.79 Å². The van der Waals surface area contributed by atoms with Gasteiger partial charge in [-0.15, -0.1) is 0 Å². The fourth-order valence-electron chi connectivity index (χ4n) is 2.41. The number of aryl methyl sites for hydroxylation is 1. The van der Waals surface area contributed by atoms with Crippen molar-refractivity contribution >= 4 is 16.8 Å². The van der Waals surface area contributed by atoms with E-state index in [1.54, 1.807) is 4.90 Å². The van der Waals surface area contributed by atoms with E-state index in [0.29, 0.717) is 13.0 Å². The lowest BCUT2D eigenvalue weighted by molar-refractivity contribution is -0.130. The van der Waals surface area contributed by atoms with Crippen LogP contribution in [0.25, 0.3) is 10.9 Å². The minimum atomic E-state index is 0.207. The summed E-state index contributed by atoms with van der Waals surface area (Å²) < 4.78 is 0. The van der Waals surface area contributed by atoms with Crippen LogP contribution in [-0.4, -0.2) is 35.9 Å². The first-order valence-corrected chi connectivity index (χ1v) is 7.21. The minimum Gasteiger partial charge on any atom is -0.361 e. The highest BCUT2D eigenvalue weighted by molar-refractivity contribution is 5.83. The number of aromatic nitrogens is 1. The van der Waals surface area contributed by atoms with Crippen LogP contribution in [0, 0.1) is 0 Å². The van der Waals surface area contributed by atoms with Gasteiger partial charge in [0.25, 0.3) is 0 Å². The van der Waals surface area contributed by atoms with E-state index in [1.165, 1.54) is 10.9 Å². The lowest BCUT2D eigenvalue weighted by Gasteiger charge is -2.16. The fraction of sp³-hybridized carbons (Fsp3) is 0.438. The Morgan fingerprint density at radius 3 is 2.90 bits per heavy atom. The van der Waals surface area contributed by atoms with E-state index in [0.717, 1.165) is 31.3 Å². The first kappa shape index (κ1) is 14.6. The second kappa shape index (κ2) is 7.10. The summed E-state index contributed by atoms with van der Waals surface area (Å²) in [5, 5.41) is 1.26. The standard InChI is InChI=1S/C16H23N3O/c1-19(11-5-10-17)16(20)9-4-6-13-12-18-15-8-3-2-7-14(13)15/h2-3,7-8,12,18H,4-6,9-11,17H2,1H3. The number of aromatic amines is 1. The number of hydrogen-bond donors (Lipinski definition) is 2. The van der Waals surface area contributed by atoms with Gasteiger partial charge in [0.1, 0.15) is 0 Å². The summed E-state index contributed by atoms with van der Waals surface area (Å²) >= 11 is 0. The van der Waals surface area contributed by atoms with Crippen molar-refractivity contribution in [3.8, 4) is 0 Å². The molecule has 0 bridgehead atoms. The fourth-order valence-corrected chi connectivity index (χ4v) is 2.41. The Morgan fingerprint density at radius 1 is 1.30 bits per heavy atom. The summed E-state index contributed by atoms with van der Waals surface area (Å²) in [5.41, 5.74) is 7.90. The van der Waals surface area contributed by atoms with E-state index in [-0.39, 0.29) is 5.91 Å². The van der Waals surface area contributed by atoms with Crippen LogP contribution in [0.1, 0.15) is 24.8 Å². The van der Waals surface area contributed by atoms with E-state index in [9.17, 15) is 4.79 Å². The van der Waals surface area contributed by atoms with Gasteiger partial charge < -0.3 is 15.6 Å². The molecule has 0 saturated carbocycles. The Morgan fingerprint density at radius 2 is 2.10 bits per heavy atom. The van der Waals surface area contributed by atoms with Crippen LogP contribution in [0.3, 0.4) is 0 Å². The second-order valence-electron chi connectivity index (χ2n) is 5.17. The molecule has 1 aromatic heterocycles. The number of carbonyl (C=O) groups excluding carboxylic acids is 1. The zero-order valence-electron chi connectivity index (χ0n) is 12.1. The monoisotopic (exact) mass is 273 g/mol. The number of nitrogens with two attached hydrogens (primary N) is 1. The highest BCUT2D eigenvalue weighted by Gasteiger charge is 2.09. The molecule has 2 rings (SSSR count). The first-order valence-electron chi connectivity index (χ1n) is 7.21. The second-order valence-corrected chi connectivity index (χ2v) is 5.17. The van der Waals surface area contributed by atoms with Crippen molar-refractivity contribution in [3.05, 3.63) is 36.0 Å². The molecule has 0 aliphatic rings. The molecular formula is C16H23N3O. The van der Waals surface area contributed by atoms with Crippen molar-refractivity contribution in [3.63, 3.8) is 0 Å². The van der Waals surface area contributed by atoms with E-state index in [4.69, 9.17) is 5.73 Å². The third-order valence-electron chi connectivity index (χ3n) is 3.64. The molecule has 0 spiro atoms. The van der Waals surface area contributed by atoms with Gasteiger partial charge in [-0.1, -0.05) is 18.2 Å². The summed E-state index contributed by atoms with van der Waals surface area (Å²) in [6.45, 7) is 1.38. The van der Waals surface area contributed by atoms with Crippen LogP contribution < -0.4 is 5.73 Å². The summed E-state index contributed by atoms with van der Waals surface area (Å²) in [6, 6.07) is 8.27. The molecule has 0 saturated heterocycles. The Bertz CT molecular complexity index is 562. The van der Waals surface area contributed by atoms with Crippen LogP contribution in [0.2, 0.25) is 0 Å². The van der Waals surface area contributed by atoms with E-state index in [2.05, 4.69) is 17.1 Å². The molecule has 0 unspecified atom stereocenters. The van der Waals surface area contributed by atoms with Crippen LogP contribution >= 0.6 is 0 Å². The van der Waals surface area contributed by atoms with E-state index >= 15 is 0 Å². The quantitative estimate of drug-likeness (QED) is 0.813. The average molecular weight is 273 g/mol. The molecule has 1 heterocycles. The molecule has 0 fully saturated rings. The SMILES string of the molecule is CN(CCCN)C(=O)CCCc1c[nH]c2ccccc12.